The molecule has 3 atom stereocenters. The van der Waals surface area contributed by atoms with Crippen molar-refractivity contribution in [3.63, 3.8) is 0 Å². The lowest BCUT2D eigenvalue weighted by atomic mass is 10.0. The Kier molecular flexibility index (Phi) is 6.24. The molecule has 0 spiro atoms. The number of aryl methyl sites for hydroxylation is 2. The van der Waals surface area contributed by atoms with E-state index in [4.69, 9.17) is 4.74 Å². The maximum Gasteiger partial charge on any atom is 0.0736 e. The first-order chi connectivity index (χ1) is 10.2. The van der Waals surface area contributed by atoms with Crippen LogP contribution in [0.25, 0.3) is 0 Å². The molecule has 0 aromatic carbocycles. The molecule has 1 fully saturated rings. The summed E-state index contributed by atoms with van der Waals surface area (Å²) in [5.41, 5.74) is 2.54. The normalized spacial score (nSPS) is 23.6. The van der Waals surface area contributed by atoms with Gasteiger partial charge in [0.05, 0.1) is 17.9 Å². The second kappa shape index (κ2) is 7.95. The van der Waals surface area contributed by atoms with Gasteiger partial charge in [-0.3, -0.25) is 4.68 Å². The molecule has 1 saturated heterocycles. The fourth-order valence-electron chi connectivity index (χ4n) is 3.15. The van der Waals surface area contributed by atoms with Crippen LogP contribution in [0.1, 0.15) is 58.3 Å². The van der Waals surface area contributed by atoms with Gasteiger partial charge in [-0.1, -0.05) is 13.8 Å². The lowest BCUT2D eigenvalue weighted by Gasteiger charge is -2.25. The van der Waals surface area contributed by atoms with Crippen LogP contribution in [0.5, 0.6) is 0 Å². The Bertz CT molecular complexity index is 430. The van der Waals surface area contributed by atoms with E-state index in [9.17, 15) is 0 Å². The van der Waals surface area contributed by atoms with Crippen LogP contribution < -0.4 is 5.32 Å². The summed E-state index contributed by atoms with van der Waals surface area (Å²) in [5.74, 6) is 0. The summed E-state index contributed by atoms with van der Waals surface area (Å²) in [5, 5.41) is 8.36. The molecule has 1 N–H and O–H groups in total. The fourth-order valence-corrected chi connectivity index (χ4v) is 3.15. The first kappa shape index (κ1) is 16.5. The van der Waals surface area contributed by atoms with Gasteiger partial charge in [0.15, 0.2) is 0 Å². The average molecular weight is 293 g/mol. The Labute approximate surface area is 129 Å². The summed E-state index contributed by atoms with van der Waals surface area (Å²) in [6.45, 7) is 10.7. The van der Waals surface area contributed by atoms with E-state index in [0.717, 1.165) is 32.4 Å². The van der Waals surface area contributed by atoms with E-state index in [1.807, 2.05) is 0 Å². The highest BCUT2D eigenvalue weighted by Crippen LogP contribution is 2.24. The second-order valence-corrected chi connectivity index (χ2v) is 6.12. The number of ether oxygens (including phenoxy) is 1. The Morgan fingerprint density at radius 3 is 2.76 bits per heavy atom. The summed E-state index contributed by atoms with van der Waals surface area (Å²) in [6.07, 6.45) is 6.28. The molecular weight excluding hydrogens is 262 g/mol. The van der Waals surface area contributed by atoms with Gasteiger partial charge in [0.2, 0.25) is 0 Å². The minimum absolute atomic E-state index is 0.344. The van der Waals surface area contributed by atoms with Crippen LogP contribution in [0.3, 0.4) is 0 Å². The quantitative estimate of drug-likeness (QED) is 0.801. The molecule has 0 radical (unpaired) electrons. The highest BCUT2D eigenvalue weighted by Gasteiger charge is 2.30. The number of nitrogens with one attached hydrogen (secondary N) is 1. The molecular formula is C17H31N3O. The second-order valence-electron chi connectivity index (χ2n) is 6.12. The molecule has 0 amide bonds. The van der Waals surface area contributed by atoms with Crippen LogP contribution in [0, 0.1) is 0 Å². The van der Waals surface area contributed by atoms with Gasteiger partial charge < -0.3 is 10.1 Å². The van der Waals surface area contributed by atoms with Crippen molar-refractivity contribution in [3.8, 4) is 0 Å². The van der Waals surface area contributed by atoms with Gasteiger partial charge in [-0.2, -0.15) is 5.10 Å². The smallest absolute Gasteiger partial charge is 0.0736 e. The van der Waals surface area contributed by atoms with Crippen LogP contribution in [-0.2, 0) is 24.1 Å². The van der Waals surface area contributed by atoms with Crippen molar-refractivity contribution in [2.45, 2.75) is 84.6 Å². The Balaban J connectivity index is 2.08. The van der Waals surface area contributed by atoms with Gasteiger partial charge >= 0.3 is 0 Å². The van der Waals surface area contributed by atoms with Crippen LogP contribution in [-0.4, -0.2) is 34.6 Å². The van der Waals surface area contributed by atoms with Gasteiger partial charge in [0, 0.05) is 24.7 Å². The number of hydrogen-bond acceptors (Lipinski definition) is 3. The summed E-state index contributed by atoms with van der Waals surface area (Å²) in [4.78, 5) is 0. The van der Waals surface area contributed by atoms with E-state index >= 15 is 0 Å². The first-order valence-electron chi connectivity index (χ1n) is 8.62. The van der Waals surface area contributed by atoms with Crippen LogP contribution in [0.2, 0.25) is 0 Å². The Morgan fingerprint density at radius 1 is 1.38 bits per heavy atom. The van der Waals surface area contributed by atoms with Crippen molar-refractivity contribution < 1.29 is 4.74 Å². The molecule has 2 heterocycles. The third-order valence-corrected chi connectivity index (χ3v) is 4.37. The first-order valence-corrected chi connectivity index (χ1v) is 8.62. The molecule has 2 rings (SSSR count). The zero-order chi connectivity index (χ0) is 15.2. The standard InChI is InChI=1S/C17H31N3O/c1-5-10-18-16(17-9-8-13(4)21-17)12-15-11-14(6-2)19-20(15)7-3/h11,13,16-18H,5-10,12H2,1-4H3. The van der Waals surface area contributed by atoms with E-state index in [0.29, 0.717) is 18.2 Å². The Morgan fingerprint density at radius 2 is 2.19 bits per heavy atom. The lowest BCUT2D eigenvalue weighted by molar-refractivity contribution is 0.0316. The van der Waals surface area contributed by atoms with Crippen LogP contribution >= 0.6 is 0 Å². The van der Waals surface area contributed by atoms with E-state index in [2.05, 4.69) is 48.9 Å². The van der Waals surface area contributed by atoms with Crippen LogP contribution in [0.4, 0.5) is 0 Å². The number of hydrogen-bond donors (Lipinski definition) is 1. The molecule has 0 saturated carbocycles. The molecule has 4 heteroatoms. The van der Waals surface area contributed by atoms with Gasteiger partial charge in [0.1, 0.15) is 0 Å². The SMILES string of the molecule is CCCNC(Cc1cc(CC)nn1CC)C1CCC(C)O1. The molecule has 0 aliphatic carbocycles. The molecule has 0 bridgehead atoms. The van der Waals surface area contributed by atoms with Crippen molar-refractivity contribution in [1.82, 2.24) is 15.1 Å². The fraction of sp³-hybridized carbons (Fsp3) is 0.824. The minimum atomic E-state index is 0.344. The van der Waals surface area contributed by atoms with Crippen LogP contribution in [0.15, 0.2) is 6.07 Å². The topological polar surface area (TPSA) is 39.1 Å². The van der Waals surface area contributed by atoms with Crippen molar-refractivity contribution in [2.24, 2.45) is 0 Å². The largest absolute Gasteiger partial charge is 0.374 e. The molecule has 1 aliphatic heterocycles. The molecule has 4 nitrogen and oxygen atoms in total. The maximum absolute atomic E-state index is 6.11. The summed E-state index contributed by atoms with van der Waals surface area (Å²) < 4.78 is 8.26. The summed E-state index contributed by atoms with van der Waals surface area (Å²) in [7, 11) is 0. The number of rotatable bonds is 8. The van der Waals surface area contributed by atoms with Crippen molar-refractivity contribution in [3.05, 3.63) is 17.5 Å². The third kappa shape index (κ3) is 4.30. The van der Waals surface area contributed by atoms with Crippen molar-refractivity contribution in [1.29, 1.82) is 0 Å². The van der Waals surface area contributed by atoms with Gasteiger partial charge in [-0.25, -0.2) is 0 Å². The molecule has 120 valence electrons. The van der Waals surface area contributed by atoms with Crippen molar-refractivity contribution >= 4 is 0 Å². The zero-order valence-electron chi connectivity index (χ0n) is 14.1. The minimum Gasteiger partial charge on any atom is -0.374 e. The zero-order valence-corrected chi connectivity index (χ0v) is 14.1. The average Bonchev–Trinajstić information content (AvgIpc) is 3.09. The lowest BCUT2D eigenvalue weighted by Crippen LogP contribution is -2.42. The summed E-state index contributed by atoms with van der Waals surface area (Å²) in [6, 6.07) is 2.67. The molecule has 1 aromatic rings. The molecule has 1 aromatic heterocycles. The van der Waals surface area contributed by atoms with Gasteiger partial charge in [-0.05, 0) is 52.1 Å². The third-order valence-electron chi connectivity index (χ3n) is 4.37. The molecule has 21 heavy (non-hydrogen) atoms. The number of aromatic nitrogens is 2. The maximum atomic E-state index is 6.11. The van der Waals surface area contributed by atoms with E-state index in [1.165, 1.54) is 24.2 Å². The highest BCUT2D eigenvalue weighted by atomic mass is 16.5. The van der Waals surface area contributed by atoms with E-state index < -0.39 is 0 Å². The highest BCUT2D eigenvalue weighted by molar-refractivity contribution is 5.12. The number of nitrogens with zero attached hydrogens (tertiary/aromatic N) is 2. The van der Waals surface area contributed by atoms with Crippen molar-refractivity contribution in [2.75, 3.05) is 6.54 Å². The van der Waals surface area contributed by atoms with Gasteiger partial charge in [-0.15, -0.1) is 0 Å². The van der Waals surface area contributed by atoms with Gasteiger partial charge in [0.25, 0.3) is 0 Å². The van der Waals surface area contributed by atoms with E-state index in [-0.39, 0.29) is 0 Å². The molecule has 1 aliphatic rings. The Hall–Kier alpha value is -0.870. The predicted molar refractivity (Wildman–Crippen MR) is 86.6 cm³/mol. The predicted octanol–water partition coefficient (Wildman–Crippen LogP) is 2.94. The molecule has 3 unspecified atom stereocenters. The summed E-state index contributed by atoms with van der Waals surface area (Å²) >= 11 is 0. The monoisotopic (exact) mass is 293 g/mol. The van der Waals surface area contributed by atoms with E-state index in [1.54, 1.807) is 0 Å².